The molecule has 4 bridgehead atoms. The normalized spacial score (nSPS) is 37.1. The molecule has 0 radical (unpaired) electrons. The molecule has 5 aliphatic rings. The largest absolute Gasteiger partial charge is 0.411 e. The molecule has 3 atom stereocenters. The number of ether oxygens (including phenoxy) is 1. The first kappa shape index (κ1) is 11.6. The van der Waals surface area contributed by atoms with E-state index in [2.05, 4.69) is 0 Å². The van der Waals surface area contributed by atoms with Gasteiger partial charge in [0, 0.05) is 0 Å². The third-order valence-electron chi connectivity index (χ3n) is 4.55. The second-order valence-corrected chi connectivity index (χ2v) is 5.72. The van der Waals surface area contributed by atoms with E-state index in [1.807, 2.05) is 0 Å². The molecule has 5 rings (SSSR count). The predicted molar refractivity (Wildman–Crippen MR) is 57.4 cm³/mol. The van der Waals surface area contributed by atoms with Crippen LogP contribution in [0.5, 0.6) is 0 Å². The number of hydrogen-bond acceptors (Lipinski definition) is 1. The molecule has 96 valence electrons. The number of fused-ring (bicyclic) bond motifs is 1. The van der Waals surface area contributed by atoms with Crippen molar-refractivity contribution >= 4 is 0 Å². The summed E-state index contributed by atoms with van der Waals surface area (Å²) < 4.78 is 41.3. The van der Waals surface area contributed by atoms with E-state index in [4.69, 9.17) is 4.74 Å². The van der Waals surface area contributed by atoms with Crippen molar-refractivity contribution in [1.82, 2.24) is 0 Å². The van der Waals surface area contributed by atoms with Crippen molar-refractivity contribution in [3.8, 4) is 0 Å². The molecule has 5 aliphatic carbocycles. The Hall–Kier alpha value is -0.510. The molecule has 0 amide bonds. The van der Waals surface area contributed by atoms with Crippen molar-refractivity contribution in [3.05, 3.63) is 11.1 Å². The maximum absolute atomic E-state index is 12.1. The van der Waals surface area contributed by atoms with Crippen LogP contribution in [0.25, 0.3) is 0 Å². The molecule has 1 nitrogen and oxygen atoms in total. The Bertz CT molecular complexity index is 344. The molecule has 0 aromatic carbocycles. The summed E-state index contributed by atoms with van der Waals surface area (Å²) in [6, 6.07) is 0. The summed E-state index contributed by atoms with van der Waals surface area (Å²) >= 11 is 0. The maximum atomic E-state index is 12.1. The van der Waals surface area contributed by atoms with Crippen LogP contribution in [0.1, 0.15) is 32.6 Å². The van der Waals surface area contributed by atoms with E-state index < -0.39 is 12.8 Å². The molecular formula is C13H17F3O. The van der Waals surface area contributed by atoms with Crippen LogP contribution in [-0.4, -0.2) is 18.9 Å². The van der Waals surface area contributed by atoms with Gasteiger partial charge in [-0.05, 0) is 55.9 Å². The third kappa shape index (κ3) is 2.01. The van der Waals surface area contributed by atoms with Crippen molar-refractivity contribution in [3.63, 3.8) is 0 Å². The minimum Gasteiger partial charge on any atom is -0.365 e. The van der Waals surface area contributed by atoms with Gasteiger partial charge in [0.25, 0.3) is 0 Å². The summed E-state index contributed by atoms with van der Waals surface area (Å²) in [4.78, 5) is 0. The molecule has 3 fully saturated rings. The molecule has 0 aromatic heterocycles. The summed E-state index contributed by atoms with van der Waals surface area (Å²) in [5.41, 5.74) is 2.65. The molecule has 0 aliphatic heterocycles. The first-order valence-electron chi connectivity index (χ1n) is 6.35. The zero-order chi connectivity index (χ0) is 12.2. The van der Waals surface area contributed by atoms with Crippen LogP contribution in [0, 0.1) is 17.8 Å². The lowest BCUT2D eigenvalue weighted by Crippen LogP contribution is -2.44. The van der Waals surface area contributed by atoms with Gasteiger partial charge in [-0.2, -0.15) is 13.2 Å². The zero-order valence-electron chi connectivity index (χ0n) is 9.89. The van der Waals surface area contributed by atoms with Gasteiger partial charge in [0.15, 0.2) is 0 Å². The SMILES string of the molecule is CC(OCC(F)(F)F)C1=C2C3CC(C1)CC2C3. The van der Waals surface area contributed by atoms with Gasteiger partial charge >= 0.3 is 6.18 Å². The van der Waals surface area contributed by atoms with Crippen molar-refractivity contribution in [2.45, 2.75) is 44.9 Å². The predicted octanol–water partition coefficient (Wildman–Crippen LogP) is 3.70. The van der Waals surface area contributed by atoms with Crippen LogP contribution in [0.15, 0.2) is 11.1 Å². The smallest absolute Gasteiger partial charge is 0.365 e. The van der Waals surface area contributed by atoms with Crippen LogP contribution in [-0.2, 0) is 4.74 Å². The maximum Gasteiger partial charge on any atom is 0.411 e. The Kier molecular flexibility index (Phi) is 2.55. The molecule has 3 unspecified atom stereocenters. The van der Waals surface area contributed by atoms with E-state index in [0.29, 0.717) is 17.8 Å². The average molecular weight is 246 g/mol. The number of rotatable bonds is 3. The van der Waals surface area contributed by atoms with Gasteiger partial charge in [-0.15, -0.1) is 0 Å². The quantitative estimate of drug-likeness (QED) is 0.690. The highest BCUT2D eigenvalue weighted by molar-refractivity contribution is 5.35. The van der Waals surface area contributed by atoms with Crippen molar-refractivity contribution in [1.29, 1.82) is 0 Å². The monoisotopic (exact) mass is 246 g/mol. The highest BCUT2D eigenvalue weighted by Crippen LogP contribution is 2.59. The van der Waals surface area contributed by atoms with Crippen LogP contribution >= 0.6 is 0 Å². The summed E-state index contributed by atoms with van der Waals surface area (Å²) in [5.74, 6) is 2.07. The third-order valence-corrected chi connectivity index (χ3v) is 4.55. The van der Waals surface area contributed by atoms with E-state index in [1.54, 1.807) is 6.92 Å². The highest BCUT2D eigenvalue weighted by atomic mass is 19.4. The number of hydrogen-bond donors (Lipinski definition) is 0. The number of allylic oxidation sites excluding steroid dienone is 1. The Morgan fingerprint density at radius 3 is 2.41 bits per heavy atom. The molecule has 0 N–H and O–H groups in total. The summed E-state index contributed by atoms with van der Waals surface area (Å²) in [7, 11) is 0. The van der Waals surface area contributed by atoms with Gasteiger partial charge in [-0.25, -0.2) is 0 Å². The second kappa shape index (κ2) is 3.74. The van der Waals surface area contributed by atoms with E-state index in [1.165, 1.54) is 30.4 Å². The molecule has 3 saturated carbocycles. The first-order valence-corrected chi connectivity index (χ1v) is 6.35. The van der Waals surface area contributed by atoms with E-state index in [0.717, 1.165) is 6.42 Å². The van der Waals surface area contributed by atoms with E-state index in [-0.39, 0.29) is 6.10 Å². The minimum atomic E-state index is -4.21. The highest BCUT2D eigenvalue weighted by Gasteiger charge is 2.49. The first-order chi connectivity index (χ1) is 7.94. The van der Waals surface area contributed by atoms with Crippen LogP contribution in [0.3, 0.4) is 0 Å². The van der Waals surface area contributed by atoms with E-state index in [9.17, 15) is 13.2 Å². The van der Waals surface area contributed by atoms with Crippen LogP contribution in [0.4, 0.5) is 13.2 Å². The molecule has 0 saturated heterocycles. The summed E-state index contributed by atoms with van der Waals surface area (Å²) in [5, 5.41) is 0. The van der Waals surface area contributed by atoms with Gasteiger partial charge in [0.05, 0.1) is 6.10 Å². The molecular weight excluding hydrogens is 229 g/mol. The van der Waals surface area contributed by atoms with Gasteiger partial charge in [0.1, 0.15) is 6.61 Å². The molecule has 17 heavy (non-hydrogen) atoms. The molecule has 0 aromatic rings. The number of halogens is 3. The van der Waals surface area contributed by atoms with Crippen molar-refractivity contribution in [2.75, 3.05) is 6.61 Å². The molecule has 0 spiro atoms. The Labute approximate surface area is 99.0 Å². The van der Waals surface area contributed by atoms with Gasteiger partial charge in [0.2, 0.25) is 0 Å². The number of alkyl halides is 3. The summed E-state index contributed by atoms with van der Waals surface area (Å²) in [6.07, 6.45) is 0.210. The zero-order valence-corrected chi connectivity index (χ0v) is 9.89. The molecule has 0 heterocycles. The minimum absolute atomic E-state index is 0.347. The second-order valence-electron chi connectivity index (χ2n) is 5.72. The van der Waals surface area contributed by atoms with Crippen LogP contribution in [0.2, 0.25) is 0 Å². The van der Waals surface area contributed by atoms with Gasteiger partial charge in [-0.3, -0.25) is 0 Å². The van der Waals surface area contributed by atoms with E-state index >= 15 is 0 Å². The van der Waals surface area contributed by atoms with Crippen molar-refractivity contribution in [2.24, 2.45) is 17.8 Å². The fraction of sp³-hybridized carbons (Fsp3) is 0.846. The average Bonchev–Trinajstić information content (AvgIpc) is 2.24. The topological polar surface area (TPSA) is 9.23 Å². The molecule has 4 heteroatoms. The standard InChI is InChI=1S/C13H17F3O/c1-7(17-6-13(14,15)16)11-4-8-2-9-5-10(3-8)12(9)11/h7-10H,2-6H2,1H3. The fourth-order valence-electron chi connectivity index (χ4n) is 3.96. The fourth-order valence-corrected chi connectivity index (χ4v) is 3.96. The van der Waals surface area contributed by atoms with Gasteiger partial charge < -0.3 is 4.74 Å². The van der Waals surface area contributed by atoms with Crippen LogP contribution < -0.4 is 0 Å². The Morgan fingerprint density at radius 1 is 1.24 bits per heavy atom. The van der Waals surface area contributed by atoms with Gasteiger partial charge in [-0.1, -0.05) is 5.57 Å². The van der Waals surface area contributed by atoms with Crippen molar-refractivity contribution < 1.29 is 17.9 Å². The summed E-state index contributed by atoms with van der Waals surface area (Å²) in [6.45, 7) is 0.652. The lowest BCUT2D eigenvalue weighted by molar-refractivity contribution is -0.181. The Morgan fingerprint density at radius 2 is 1.88 bits per heavy atom. The Balaban J connectivity index is 1.69. The lowest BCUT2D eigenvalue weighted by Gasteiger charge is -2.54. The lowest BCUT2D eigenvalue weighted by atomic mass is 9.51.